The van der Waals surface area contributed by atoms with Crippen LogP contribution in [0.15, 0.2) is 42.6 Å². The fourth-order valence-corrected chi connectivity index (χ4v) is 2.70. The lowest BCUT2D eigenvalue weighted by atomic mass is 10.0. The van der Waals surface area contributed by atoms with E-state index in [1.165, 1.54) is 6.07 Å². The first-order valence-electron chi connectivity index (χ1n) is 7.35. The van der Waals surface area contributed by atoms with E-state index in [4.69, 9.17) is 4.74 Å². The molecule has 24 heavy (non-hydrogen) atoms. The Hall–Kier alpha value is -2.63. The molecule has 0 aliphatic carbocycles. The molecule has 1 heterocycles. The Bertz CT molecular complexity index is 868. The van der Waals surface area contributed by atoms with Gasteiger partial charge in [0.05, 0.1) is 18.2 Å². The second-order valence-corrected chi connectivity index (χ2v) is 5.30. The average Bonchev–Trinajstić information content (AvgIpc) is 2.98. The number of nitrogens with one attached hydrogen (secondary N) is 2. The highest BCUT2D eigenvalue weighted by Gasteiger charge is 2.34. The molecule has 0 saturated heterocycles. The molecule has 1 radical (unpaired) electrons. The van der Waals surface area contributed by atoms with Gasteiger partial charge >= 0.3 is 6.18 Å². The van der Waals surface area contributed by atoms with E-state index in [2.05, 4.69) is 10.3 Å². The van der Waals surface area contributed by atoms with Crippen molar-refractivity contribution in [3.8, 4) is 5.75 Å². The SMILES string of the molecule is C[CH]c1c[nH]c2c(C(F)(F)F)ccc(Nc3cccc(OC)c3)c12. The van der Waals surface area contributed by atoms with Gasteiger partial charge in [-0.15, -0.1) is 0 Å². The van der Waals surface area contributed by atoms with Crippen LogP contribution in [-0.4, -0.2) is 12.1 Å². The quantitative estimate of drug-likeness (QED) is 0.660. The molecular weight excluding hydrogens is 317 g/mol. The van der Waals surface area contributed by atoms with Crippen molar-refractivity contribution in [1.82, 2.24) is 4.98 Å². The third-order valence-electron chi connectivity index (χ3n) is 3.83. The standard InChI is InChI=1S/C18H16F3N2O/c1-3-11-10-22-17-14(18(19,20)21)7-8-15(16(11)17)23-12-5-4-6-13(9-12)24-2/h3-10,22-23H,1-2H3. The summed E-state index contributed by atoms with van der Waals surface area (Å²) in [5.41, 5.74) is 1.44. The fraction of sp³-hybridized carbons (Fsp3) is 0.167. The molecular formula is C18H16F3N2O. The van der Waals surface area contributed by atoms with E-state index >= 15 is 0 Å². The molecule has 0 bridgehead atoms. The Morgan fingerprint density at radius 2 is 1.96 bits per heavy atom. The van der Waals surface area contributed by atoms with Crippen LogP contribution in [0.2, 0.25) is 0 Å². The van der Waals surface area contributed by atoms with E-state index in [1.54, 1.807) is 38.8 Å². The maximum atomic E-state index is 13.2. The first kappa shape index (κ1) is 16.2. The summed E-state index contributed by atoms with van der Waals surface area (Å²) in [6.07, 6.45) is -1.06. The topological polar surface area (TPSA) is 37.0 Å². The summed E-state index contributed by atoms with van der Waals surface area (Å²) in [5.74, 6) is 0.666. The molecule has 6 heteroatoms. The van der Waals surface area contributed by atoms with Gasteiger partial charge in [0.2, 0.25) is 0 Å². The van der Waals surface area contributed by atoms with E-state index in [9.17, 15) is 13.2 Å². The first-order valence-corrected chi connectivity index (χ1v) is 7.35. The zero-order chi connectivity index (χ0) is 17.3. The monoisotopic (exact) mass is 333 g/mol. The van der Waals surface area contributed by atoms with Crippen LogP contribution in [0.5, 0.6) is 5.75 Å². The summed E-state index contributed by atoms with van der Waals surface area (Å²) >= 11 is 0. The summed E-state index contributed by atoms with van der Waals surface area (Å²) < 4.78 is 44.8. The number of anilines is 2. The first-order chi connectivity index (χ1) is 11.4. The minimum Gasteiger partial charge on any atom is -0.497 e. The van der Waals surface area contributed by atoms with Crippen LogP contribution < -0.4 is 10.1 Å². The molecule has 0 amide bonds. The third-order valence-corrected chi connectivity index (χ3v) is 3.83. The smallest absolute Gasteiger partial charge is 0.418 e. The second kappa shape index (κ2) is 6.11. The number of methoxy groups -OCH3 is 1. The lowest BCUT2D eigenvalue weighted by molar-refractivity contribution is -0.136. The Kier molecular flexibility index (Phi) is 4.13. The van der Waals surface area contributed by atoms with Crippen molar-refractivity contribution in [2.24, 2.45) is 0 Å². The van der Waals surface area contributed by atoms with E-state index in [-0.39, 0.29) is 5.52 Å². The van der Waals surface area contributed by atoms with Crippen LogP contribution in [-0.2, 0) is 6.18 Å². The number of hydrogen-bond acceptors (Lipinski definition) is 2. The molecule has 2 N–H and O–H groups in total. The molecule has 0 aliphatic rings. The Morgan fingerprint density at radius 1 is 1.17 bits per heavy atom. The van der Waals surface area contributed by atoms with Crippen LogP contribution in [0.1, 0.15) is 18.1 Å². The number of rotatable bonds is 4. The average molecular weight is 333 g/mol. The summed E-state index contributed by atoms with van der Waals surface area (Å²) in [4.78, 5) is 2.75. The molecule has 0 unspecified atom stereocenters. The molecule has 3 nitrogen and oxygen atoms in total. The van der Waals surface area contributed by atoms with Gasteiger partial charge in [-0.25, -0.2) is 0 Å². The number of aromatic amines is 1. The minimum atomic E-state index is -4.41. The highest BCUT2D eigenvalue weighted by atomic mass is 19.4. The predicted molar refractivity (Wildman–Crippen MR) is 88.7 cm³/mol. The molecule has 125 valence electrons. The highest BCUT2D eigenvalue weighted by Crippen LogP contribution is 2.39. The van der Waals surface area contributed by atoms with Crippen molar-refractivity contribution in [3.63, 3.8) is 0 Å². The van der Waals surface area contributed by atoms with Crippen LogP contribution in [0.25, 0.3) is 10.9 Å². The van der Waals surface area contributed by atoms with Crippen molar-refractivity contribution in [2.45, 2.75) is 13.1 Å². The zero-order valence-corrected chi connectivity index (χ0v) is 13.2. The number of aromatic nitrogens is 1. The van der Waals surface area contributed by atoms with Crippen LogP contribution in [0, 0.1) is 6.42 Å². The fourth-order valence-electron chi connectivity index (χ4n) is 2.70. The maximum Gasteiger partial charge on any atom is 0.418 e. The molecule has 0 spiro atoms. The number of alkyl halides is 3. The zero-order valence-electron chi connectivity index (χ0n) is 13.2. The van der Waals surface area contributed by atoms with Gasteiger partial charge in [0.25, 0.3) is 0 Å². The Morgan fingerprint density at radius 3 is 2.62 bits per heavy atom. The van der Waals surface area contributed by atoms with Gasteiger partial charge in [-0.2, -0.15) is 13.2 Å². The highest BCUT2D eigenvalue weighted by molar-refractivity contribution is 5.99. The number of fused-ring (bicyclic) bond motifs is 1. The second-order valence-electron chi connectivity index (χ2n) is 5.30. The number of hydrogen-bond donors (Lipinski definition) is 2. The molecule has 3 rings (SSSR count). The van der Waals surface area contributed by atoms with Gasteiger partial charge in [-0.3, -0.25) is 0 Å². The Labute approximate surface area is 137 Å². The molecule has 0 saturated carbocycles. The van der Waals surface area contributed by atoms with Gasteiger partial charge in [0.15, 0.2) is 0 Å². The number of halogens is 3. The van der Waals surface area contributed by atoms with Gasteiger partial charge in [-0.1, -0.05) is 13.0 Å². The number of benzene rings is 2. The minimum absolute atomic E-state index is 0.0727. The van der Waals surface area contributed by atoms with Crippen molar-refractivity contribution >= 4 is 22.3 Å². The van der Waals surface area contributed by atoms with Crippen molar-refractivity contribution < 1.29 is 17.9 Å². The van der Waals surface area contributed by atoms with Crippen LogP contribution in [0.3, 0.4) is 0 Å². The largest absolute Gasteiger partial charge is 0.497 e. The molecule has 1 aromatic heterocycles. The van der Waals surface area contributed by atoms with E-state index < -0.39 is 11.7 Å². The molecule has 0 fully saturated rings. The van der Waals surface area contributed by atoms with Crippen molar-refractivity contribution in [1.29, 1.82) is 0 Å². The van der Waals surface area contributed by atoms with Gasteiger partial charge in [0, 0.05) is 29.0 Å². The van der Waals surface area contributed by atoms with Gasteiger partial charge < -0.3 is 15.0 Å². The van der Waals surface area contributed by atoms with Crippen molar-refractivity contribution in [3.05, 3.63) is 60.1 Å². The molecule has 0 atom stereocenters. The van der Waals surface area contributed by atoms with Crippen molar-refractivity contribution in [2.75, 3.05) is 12.4 Å². The summed E-state index contributed by atoms with van der Waals surface area (Å²) in [6, 6.07) is 9.76. The lowest BCUT2D eigenvalue weighted by Gasteiger charge is -2.14. The third kappa shape index (κ3) is 2.91. The summed E-state index contributed by atoms with van der Waals surface area (Å²) in [5, 5.41) is 3.68. The van der Waals surface area contributed by atoms with E-state index in [1.807, 2.05) is 12.1 Å². The normalized spacial score (nSPS) is 11.7. The van der Waals surface area contributed by atoms with Crippen LogP contribution >= 0.6 is 0 Å². The lowest BCUT2D eigenvalue weighted by Crippen LogP contribution is -2.06. The van der Waals surface area contributed by atoms with E-state index in [0.29, 0.717) is 22.4 Å². The van der Waals surface area contributed by atoms with E-state index in [0.717, 1.165) is 11.8 Å². The maximum absolute atomic E-state index is 13.2. The van der Waals surface area contributed by atoms with Gasteiger partial charge in [-0.05, 0) is 36.2 Å². The molecule has 3 aromatic rings. The molecule has 0 aliphatic heterocycles. The predicted octanol–water partition coefficient (Wildman–Crippen LogP) is 5.51. The number of H-pyrrole nitrogens is 1. The number of ether oxygens (including phenoxy) is 1. The van der Waals surface area contributed by atoms with Crippen LogP contribution in [0.4, 0.5) is 24.5 Å². The summed E-state index contributed by atoms with van der Waals surface area (Å²) in [6.45, 7) is 1.79. The Balaban J connectivity index is 2.12. The molecule has 2 aromatic carbocycles. The summed E-state index contributed by atoms with van der Waals surface area (Å²) in [7, 11) is 1.56. The van der Waals surface area contributed by atoms with Gasteiger partial charge in [0.1, 0.15) is 5.75 Å².